The van der Waals surface area contributed by atoms with Crippen molar-refractivity contribution in [2.75, 3.05) is 17.1 Å². The fourth-order valence-electron chi connectivity index (χ4n) is 4.11. The minimum Gasteiger partial charge on any atom is -0.350 e. The highest BCUT2D eigenvalue weighted by Gasteiger charge is 2.34. The summed E-state index contributed by atoms with van der Waals surface area (Å²) in [5, 5.41) is 3.37. The van der Waals surface area contributed by atoms with Gasteiger partial charge in [0, 0.05) is 28.0 Å². The molecule has 40 heavy (non-hydrogen) atoms. The summed E-state index contributed by atoms with van der Waals surface area (Å²) >= 11 is 15.9. The molecule has 0 saturated heterocycles. The van der Waals surface area contributed by atoms with Crippen molar-refractivity contribution in [3.05, 3.63) is 98.4 Å². The molecule has 0 bridgehead atoms. The molecule has 0 fully saturated rings. The van der Waals surface area contributed by atoms with Crippen LogP contribution in [0.4, 0.5) is 5.69 Å². The normalized spacial score (nSPS) is 12.5. The van der Waals surface area contributed by atoms with Crippen molar-refractivity contribution in [3.63, 3.8) is 0 Å². The average Bonchev–Trinajstić information content (AvgIpc) is 2.85. The maximum atomic E-state index is 14.1. The van der Waals surface area contributed by atoms with Crippen LogP contribution in [0.1, 0.15) is 31.9 Å². The maximum absolute atomic E-state index is 14.1. The number of rotatable bonds is 10. The lowest BCUT2D eigenvalue weighted by Crippen LogP contribution is -2.56. The molecule has 0 heterocycles. The molecular formula is C29H32BrCl2N3O4S. The second-order valence-electron chi connectivity index (χ2n) is 10.5. The Morgan fingerprint density at radius 1 is 0.950 bits per heavy atom. The topological polar surface area (TPSA) is 86.8 Å². The van der Waals surface area contributed by atoms with Crippen molar-refractivity contribution < 1.29 is 18.0 Å². The van der Waals surface area contributed by atoms with Gasteiger partial charge in [-0.15, -0.1) is 0 Å². The van der Waals surface area contributed by atoms with E-state index in [4.69, 9.17) is 23.2 Å². The van der Waals surface area contributed by atoms with Crippen LogP contribution in [0.3, 0.4) is 0 Å². The Kier molecular flexibility index (Phi) is 10.7. The number of nitrogens with one attached hydrogen (secondary N) is 1. The molecule has 1 atom stereocenters. The second kappa shape index (κ2) is 13.4. The van der Waals surface area contributed by atoms with Crippen molar-refractivity contribution in [2.24, 2.45) is 0 Å². The van der Waals surface area contributed by atoms with Crippen LogP contribution in [0.15, 0.2) is 77.3 Å². The summed E-state index contributed by atoms with van der Waals surface area (Å²) in [6.07, 6.45) is 1.21. The van der Waals surface area contributed by atoms with E-state index in [1.165, 1.54) is 23.1 Å². The summed E-state index contributed by atoms with van der Waals surface area (Å²) in [5.41, 5.74) is 1.12. The first-order valence-electron chi connectivity index (χ1n) is 12.5. The first kappa shape index (κ1) is 31.9. The van der Waals surface area contributed by atoms with Gasteiger partial charge in [0.2, 0.25) is 21.8 Å². The lowest BCUT2D eigenvalue weighted by Gasteiger charge is -2.35. The van der Waals surface area contributed by atoms with Crippen LogP contribution in [-0.2, 0) is 32.6 Å². The van der Waals surface area contributed by atoms with E-state index in [0.29, 0.717) is 0 Å². The van der Waals surface area contributed by atoms with E-state index in [1.54, 1.807) is 0 Å². The minimum atomic E-state index is -3.96. The quantitative estimate of drug-likeness (QED) is 0.284. The number of benzene rings is 3. The van der Waals surface area contributed by atoms with Crippen molar-refractivity contribution in [3.8, 4) is 0 Å². The molecular weight excluding hydrogens is 637 g/mol. The summed E-state index contributed by atoms with van der Waals surface area (Å²) in [6.45, 7) is 5.06. The summed E-state index contributed by atoms with van der Waals surface area (Å²) in [7, 11) is -3.96. The van der Waals surface area contributed by atoms with E-state index >= 15 is 0 Å². The fraction of sp³-hybridized carbons (Fsp3) is 0.310. The van der Waals surface area contributed by atoms with Crippen molar-refractivity contribution >= 4 is 66.7 Å². The molecule has 3 aromatic rings. The van der Waals surface area contributed by atoms with Crippen molar-refractivity contribution in [2.45, 2.75) is 45.3 Å². The van der Waals surface area contributed by atoms with Gasteiger partial charge in [0.15, 0.2) is 0 Å². The van der Waals surface area contributed by atoms with Crippen molar-refractivity contribution in [1.82, 2.24) is 10.2 Å². The van der Waals surface area contributed by atoms with Crippen LogP contribution in [0.2, 0.25) is 10.0 Å². The highest BCUT2D eigenvalue weighted by molar-refractivity contribution is 9.10. The van der Waals surface area contributed by atoms with Gasteiger partial charge >= 0.3 is 0 Å². The Labute approximate surface area is 254 Å². The third kappa shape index (κ3) is 9.23. The van der Waals surface area contributed by atoms with Gasteiger partial charge in [-0.1, -0.05) is 81.6 Å². The molecule has 0 aliphatic heterocycles. The first-order chi connectivity index (χ1) is 18.6. The highest BCUT2D eigenvalue weighted by Crippen LogP contribution is 2.31. The molecule has 0 aliphatic rings. The lowest BCUT2D eigenvalue weighted by molar-refractivity contribution is -0.140. The number of carbonyl (C=O) groups excluding carboxylic acids is 2. The number of nitrogens with zero attached hydrogens (tertiary/aromatic N) is 2. The average molecular weight is 669 g/mol. The summed E-state index contributed by atoms with van der Waals surface area (Å²) in [4.78, 5) is 29.3. The molecule has 214 valence electrons. The molecule has 3 aromatic carbocycles. The van der Waals surface area contributed by atoms with Crippen molar-refractivity contribution in [1.29, 1.82) is 0 Å². The number of halogens is 3. The minimum absolute atomic E-state index is 0.0637. The zero-order valence-corrected chi connectivity index (χ0v) is 26.6. The van der Waals surface area contributed by atoms with E-state index in [0.717, 1.165) is 26.2 Å². The zero-order valence-electron chi connectivity index (χ0n) is 22.7. The number of carbonyl (C=O) groups is 2. The number of hydrogen-bond acceptors (Lipinski definition) is 4. The van der Waals surface area contributed by atoms with Gasteiger partial charge in [-0.3, -0.25) is 13.9 Å². The summed E-state index contributed by atoms with van der Waals surface area (Å²) < 4.78 is 27.5. The Balaban J connectivity index is 2.10. The van der Waals surface area contributed by atoms with Crippen LogP contribution in [-0.4, -0.2) is 49.5 Å². The Morgan fingerprint density at radius 2 is 1.60 bits per heavy atom. The number of amides is 2. The molecule has 0 spiro atoms. The number of sulfonamides is 1. The van der Waals surface area contributed by atoms with Gasteiger partial charge in [-0.25, -0.2) is 8.42 Å². The molecule has 11 heteroatoms. The van der Waals surface area contributed by atoms with E-state index in [1.807, 2.05) is 75.4 Å². The first-order valence-corrected chi connectivity index (χ1v) is 15.9. The Morgan fingerprint density at radius 3 is 2.20 bits per heavy atom. The highest BCUT2D eigenvalue weighted by atomic mass is 79.9. The summed E-state index contributed by atoms with van der Waals surface area (Å²) in [6, 6.07) is 20.2. The third-order valence-electron chi connectivity index (χ3n) is 5.87. The predicted octanol–water partition coefficient (Wildman–Crippen LogP) is 6.08. The molecule has 0 radical (unpaired) electrons. The van der Waals surface area contributed by atoms with Gasteiger partial charge in [-0.2, -0.15) is 0 Å². The van der Waals surface area contributed by atoms with Crippen LogP contribution in [0, 0.1) is 0 Å². The van der Waals surface area contributed by atoms with Crippen LogP contribution in [0.5, 0.6) is 0 Å². The standard InChI is InChI=1S/C29H32BrCl2N3O4S/c1-29(2,3)33-28(37)26(16-20-9-6-5-7-10-20)34(18-21-11-8-12-22(30)15-21)27(36)19-35(40(4,38)39)25-17-23(31)13-14-24(25)32/h5-15,17,26H,16,18-19H2,1-4H3,(H,33,37)/t26-/m1/s1. The molecule has 7 nitrogen and oxygen atoms in total. The van der Waals surface area contributed by atoms with Gasteiger partial charge in [0.25, 0.3) is 0 Å². The zero-order chi connectivity index (χ0) is 29.7. The number of anilines is 1. The van der Waals surface area contributed by atoms with Crippen LogP contribution in [0.25, 0.3) is 0 Å². The largest absolute Gasteiger partial charge is 0.350 e. The maximum Gasteiger partial charge on any atom is 0.244 e. The Hall–Kier alpha value is -2.59. The van der Waals surface area contributed by atoms with Gasteiger partial charge < -0.3 is 10.2 Å². The molecule has 1 N–H and O–H groups in total. The van der Waals surface area contributed by atoms with Crippen LogP contribution < -0.4 is 9.62 Å². The molecule has 0 aromatic heterocycles. The Bertz CT molecular complexity index is 1460. The third-order valence-corrected chi connectivity index (χ3v) is 8.04. The summed E-state index contributed by atoms with van der Waals surface area (Å²) in [5.74, 6) is -0.933. The van der Waals surface area contributed by atoms with E-state index in [9.17, 15) is 18.0 Å². The van der Waals surface area contributed by atoms with E-state index < -0.39 is 34.1 Å². The smallest absolute Gasteiger partial charge is 0.244 e. The predicted molar refractivity (Wildman–Crippen MR) is 165 cm³/mol. The molecule has 0 unspecified atom stereocenters. The molecule has 3 rings (SSSR count). The SMILES string of the molecule is CC(C)(C)NC(=O)[C@@H](Cc1ccccc1)N(Cc1cccc(Br)c1)C(=O)CN(c1cc(Cl)ccc1Cl)S(C)(=O)=O. The van der Waals surface area contributed by atoms with Crippen LogP contribution >= 0.6 is 39.1 Å². The van der Waals surface area contributed by atoms with E-state index in [2.05, 4.69) is 21.2 Å². The van der Waals surface area contributed by atoms with Gasteiger partial charge in [0.05, 0.1) is 17.0 Å². The monoisotopic (exact) mass is 667 g/mol. The molecule has 0 saturated carbocycles. The lowest BCUT2D eigenvalue weighted by atomic mass is 10.0. The molecule has 2 amide bonds. The number of hydrogen-bond donors (Lipinski definition) is 1. The van der Waals surface area contributed by atoms with Gasteiger partial charge in [0.1, 0.15) is 12.6 Å². The fourth-order valence-corrected chi connectivity index (χ4v) is 5.85. The second-order valence-corrected chi connectivity index (χ2v) is 14.1. The van der Waals surface area contributed by atoms with Gasteiger partial charge in [-0.05, 0) is 62.2 Å². The van der Waals surface area contributed by atoms with E-state index in [-0.39, 0.29) is 34.6 Å². The molecule has 0 aliphatic carbocycles.